The molecule has 2 atom stereocenters. The fraction of sp³-hybridized carbons (Fsp3) is 0.700. The molecule has 0 aromatic heterocycles. The molecule has 2 aliphatic rings. The Balaban J connectivity index is 2.37. The Bertz CT molecular complexity index is 255. The van der Waals surface area contributed by atoms with Gasteiger partial charge in [-0.15, -0.1) is 0 Å². The van der Waals surface area contributed by atoms with E-state index in [2.05, 4.69) is 6.92 Å². The fourth-order valence-corrected chi connectivity index (χ4v) is 2.32. The van der Waals surface area contributed by atoms with Crippen LogP contribution < -0.4 is 0 Å². The number of hydrogen-bond donors (Lipinski definition) is 1. The molecule has 1 N–H and O–H groups in total. The third kappa shape index (κ3) is 0.944. The Morgan fingerprint density at radius 2 is 2.33 bits per heavy atom. The van der Waals surface area contributed by atoms with Crippen LogP contribution in [0.5, 0.6) is 0 Å². The summed E-state index contributed by atoms with van der Waals surface area (Å²) in [6.07, 6.45) is 4.70. The lowest BCUT2D eigenvalue weighted by Gasteiger charge is -2.32. The van der Waals surface area contributed by atoms with Crippen molar-refractivity contribution >= 4 is 5.78 Å². The highest BCUT2D eigenvalue weighted by Crippen LogP contribution is 2.48. The van der Waals surface area contributed by atoms with Crippen LogP contribution in [0.3, 0.4) is 0 Å². The zero-order valence-electron chi connectivity index (χ0n) is 7.34. The summed E-state index contributed by atoms with van der Waals surface area (Å²) in [6, 6.07) is 0. The van der Waals surface area contributed by atoms with E-state index in [0.717, 1.165) is 19.3 Å². The Morgan fingerprint density at radius 1 is 1.58 bits per heavy atom. The van der Waals surface area contributed by atoms with E-state index in [0.29, 0.717) is 6.42 Å². The number of aliphatic hydroxyl groups is 1. The second-order valence-electron chi connectivity index (χ2n) is 4.11. The summed E-state index contributed by atoms with van der Waals surface area (Å²) in [7, 11) is 0. The van der Waals surface area contributed by atoms with Crippen LogP contribution in [0.15, 0.2) is 11.6 Å². The lowest BCUT2D eigenvalue weighted by molar-refractivity contribution is -0.116. The smallest absolute Gasteiger partial charge is 0.155 e. The predicted octanol–water partition coefficient (Wildman–Crippen LogP) is 1.44. The molecule has 2 unspecified atom stereocenters. The summed E-state index contributed by atoms with van der Waals surface area (Å²) >= 11 is 0. The van der Waals surface area contributed by atoms with Crippen molar-refractivity contribution in [3.8, 4) is 0 Å². The van der Waals surface area contributed by atoms with Crippen molar-refractivity contribution in [3.05, 3.63) is 11.6 Å². The molecule has 2 rings (SSSR count). The van der Waals surface area contributed by atoms with Crippen molar-refractivity contribution in [1.82, 2.24) is 0 Å². The maximum absolute atomic E-state index is 11.1. The van der Waals surface area contributed by atoms with Gasteiger partial charge in [-0.05, 0) is 25.3 Å². The van der Waals surface area contributed by atoms with E-state index >= 15 is 0 Å². The van der Waals surface area contributed by atoms with Crippen LogP contribution in [-0.4, -0.2) is 17.0 Å². The molecular formula is C10H14O2. The largest absolute Gasteiger partial charge is 0.392 e. The van der Waals surface area contributed by atoms with Crippen LogP contribution in [0.2, 0.25) is 0 Å². The molecule has 0 saturated heterocycles. The molecule has 0 aromatic rings. The number of rotatable bonds is 0. The second-order valence-corrected chi connectivity index (χ2v) is 4.11. The number of allylic oxidation sites excluding steroid dienone is 1. The number of ketones is 1. The lowest BCUT2D eigenvalue weighted by Crippen LogP contribution is -2.31. The predicted molar refractivity (Wildman–Crippen MR) is 45.7 cm³/mol. The minimum Gasteiger partial charge on any atom is -0.392 e. The van der Waals surface area contributed by atoms with Crippen molar-refractivity contribution in [2.45, 2.75) is 38.7 Å². The summed E-state index contributed by atoms with van der Waals surface area (Å²) in [4.78, 5) is 11.1. The number of hydrogen-bond acceptors (Lipinski definition) is 2. The van der Waals surface area contributed by atoms with Crippen molar-refractivity contribution in [2.75, 3.05) is 0 Å². The molecule has 0 aliphatic heterocycles. The monoisotopic (exact) mass is 166 g/mol. The molecule has 0 bridgehead atoms. The van der Waals surface area contributed by atoms with Crippen molar-refractivity contribution in [3.63, 3.8) is 0 Å². The Kier molecular flexibility index (Phi) is 1.62. The molecule has 0 amide bonds. The summed E-state index contributed by atoms with van der Waals surface area (Å²) < 4.78 is 0. The van der Waals surface area contributed by atoms with Gasteiger partial charge in [0.1, 0.15) is 0 Å². The fourth-order valence-electron chi connectivity index (χ4n) is 2.32. The Hall–Kier alpha value is -0.630. The normalized spacial score (nSPS) is 41.0. The Labute approximate surface area is 72.3 Å². The molecule has 1 fully saturated rings. The van der Waals surface area contributed by atoms with E-state index in [1.165, 1.54) is 5.57 Å². The summed E-state index contributed by atoms with van der Waals surface area (Å²) in [6.45, 7) is 2.07. The molecule has 0 aromatic carbocycles. The van der Waals surface area contributed by atoms with Gasteiger partial charge >= 0.3 is 0 Å². The molecule has 2 heteroatoms. The average molecular weight is 166 g/mol. The number of carbonyl (C=O) groups is 1. The van der Waals surface area contributed by atoms with Crippen molar-refractivity contribution in [2.24, 2.45) is 5.41 Å². The van der Waals surface area contributed by atoms with E-state index in [1.807, 2.05) is 0 Å². The van der Waals surface area contributed by atoms with Gasteiger partial charge in [-0.1, -0.05) is 12.5 Å². The minimum atomic E-state index is -0.225. The first-order chi connectivity index (χ1) is 5.63. The molecule has 66 valence electrons. The van der Waals surface area contributed by atoms with Crippen molar-refractivity contribution < 1.29 is 9.90 Å². The van der Waals surface area contributed by atoms with E-state index in [-0.39, 0.29) is 17.3 Å². The first kappa shape index (κ1) is 7.99. The summed E-state index contributed by atoms with van der Waals surface area (Å²) in [5, 5.41) is 9.72. The lowest BCUT2D eigenvalue weighted by atomic mass is 9.74. The van der Waals surface area contributed by atoms with E-state index < -0.39 is 0 Å². The highest BCUT2D eigenvalue weighted by molar-refractivity contribution is 5.91. The number of carbonyl (C=O) groups excluding carboxylic acids is 1. The van der Waals surface area contributed by atoms with Crippen molar-refractivity contribution in [1.29, 1.82) is 0 Å². The van der Waals surface area contributed by atoms with Gasteiger partial charge in [0.25, 0.3) is 0 Å². The van der Waals surface area contributed by atoms with E-state index in [9.17, 15) is 9.90 Å². The van der Waals surface area contributed by atoms with Crippen LogP contribution in [0.25, 0.3) is 0 Å². The standard InChI is InChI=1S/C10H14O2/c1-10-5-4-8(11)6-7(10)2-3-9(10)12/h6,9,12H,2-5H2,1H3. The summed E-state index contributed by atoms with van der Waals surface area (Å²) in [5.74, 6) is 0.233. The van der Waals surface area contributed by atoms with Crippen LogP contribution in [0, 0.1) is 5.41 Å². The second kappa shape index (κ2) is 2.43. The minimum absolute atomic E-state index is 0.0755. The van der Waals surface area contributed by atoms with Gasteiger partial charge < -0.3 is 5.11 Å². The first-order valence-corrected chi connectivity index (χ1v) is 4.55. The maximum atomic E-state index is 11.1. The maximum Gasteiger partial charge on any atom is 0.155 e. The van der Waals surface area contributed by atoms with Gasteiger partial charge in [0.2, 0.25) is 0 Å². The molecule has 0 heterocycles. The third-order valence-corrected chi connectivity index (χ3v) is 3.38. The first-order valence-electron chi connectivity index (χ1n) is 4.55. The quantitative estimate of drug-likeness (QED) is 0.591. The number of fused-ring (bicyclic) bond motifs is 1. The molecular weight excluding hydrogens is 152 g/mol. The molecule has 0 radical (unpaired) electrons. The highest BCUT2D eigenvalue weighted by atomic mass is 16.3. The van der Waals surface area contributed by atoms with Gasteiger partial charge in [0.05, 0.1) is 6.10 Å². The molecule has 2 nitrogen and oxygen atoms in total. The zero-order valence-corrected chi connectivity index (χ0v) is 7.34. The van der Waals surface area contributed by atoms with Gasteiger partial charge in [-0.25, -0.2) is 0 Å². The van der Waals surface area contributed by atoms with Gasteiger partial charge in [0.15, 0.2) is 5.78 Å². The topological polar surface area (TPSA) is 37.3 Å². The van der Waals surface area contributed by atoms with Crippen LogP contribution >= 0.6 is 0 Å². The molecule has 1 saturated carbocycles. The SMILES string of the molecule is CC12CCC(=O)C=C1CCC2O. The Morgan fingerprint density at radius 3 is 3.08 bits per heavy atom. The van der Waals surface area contributed by atoms with Crippen LogP contribution in [0.4, 0.5) is 0 Å². The molecule has 12 heavy (non-hydrogen) atoms. The van der Waals surface area contributed by atoms with Crippen LogP contribution in [-0.2, 0) is 4.79 Å². The van der Waals surface area contributed by atoms with Gasteiger partial charge in [-0.3, -0.25) is 4.79 Å². The third-order valence-electron chi connectivity index (χ3n) is 3.38. The van der Waals surface area contributed by atoms with Crippen LogP contribution in [0.1, 0.15) is 32.6 Å². The zero-order chi connectivity index (χ0) is 8.77. The average Bonchev–Trinajstić information content (AvgIpc) is 2.31. The summed E-state index contributed by atoms with van der Waals surface area (Å²) in [5.41, 5.74) is 1.10. The van der Waals surface area contributed by atoms with Gasteiger partial charge in [-0.2, -0.15) is 0 Å². The van der Waals surface area contributed by atoms with E-state index in [4.69, 9.17) is 0 Å². The molecule has 2 aliphatic carbocycles. The number of aliphatic hydroxyl groups excluding tert-OH is 1. The molecule has 0 spiro atoms. The van der Waals surface area contributed by atoms with Gasteiger partial charge in [0, 0.05) is 11.8 Å². The highest BCUT2D eigenvalue weighted by Gasteiger charge is 2.43. The van der Waals surface area contributed by atoms with E-state index in [1.54, 1.807) is 6.08 Å².